The van der Waals surface area contributed by atoms with Crippen LogP contribution in [0.25, 0.3) is 0 Å². The molecule has 0 aromatic heterocycles. The minimum atomic E-state index is -2.89. The molecule has 2 aliphatic heterocycles. The predicted octanol–water partition coefficient (Wildman–Crippen LogP) is 7.87. The van der Waals surface area contributed by atoms with E-state index >= 15 is 0 Å². The van der Waals surface area contributed by atoms with Gasteiger partial charge in [0.05, 0.1) is 36.9 Å². The molecule has 336 valence electrons. The van der Waals surface area contributed by atoms with Crippen LogP contribution in [0.15, 0.2) is 91.0 Å². The fourth-order valence-electron chi connectivity index (χ4n) is 8.48. The molecular formula is C49H70O11Si. The third kappa shape index (κ3) is 12.9. The minimum absolute atomic E-state index is 0.0729. The number of hydrogen-bond acceptors (Lipinski definition) is 11. The fourth-order valence-corrected chi connectivity index (χ4v) is 13.1. The predicted molar refractivity (Wildman–Crippen MR) is 237 cm³/mol. The van der Waals surface area contributed by atoms with Crippen molar-refractivity contribution >= 4 is 30.4 Å². The van der Waals surface area contributed by atoms with Crippen molar-refractivity contribution in [3.05, 3.63) is 96.6 Å². The van der Waals surface area contributed by atoms with Crippen molar-refractivity contribution in [1.82, 2.24) is 0 Å². The minimum Gasteiger partial charge on any atom is -0.458 e. The van der Waals surface area contributed by atoms with E-state index in [-0.39, 0.29) is 30.6 Å². The van der Waals surface area contributed by atoms with Crippen molar-refractivity contribution in [3.8, 4) is 0 Å². The van der Waals surface area contributed by atoms with Crippen molar-refractivity contribution in [2.75, 3.05) is 46.9 Å². The van der Waals surface area contributed by atoms with Gasteiger partial charge in [0.15, 0.2) is 12.1 Å². The molecule has 0 spiro atoms. The van der Waals surface area contributed by atoms with E-state index in [9.17, 15) is 9.59 Å². The molecule has 0 radical (unpaired) electrons. The third-order valence-electron chi connectivity index (χ3n) is 12.0. The van der Waals surface area contributed by atoms with Gasteiger partial charge in [0.2, 0.25) is 0 Å². The average Bonchev–Trinajstić information content (AvgIpc) is 3.61. The van der Waals surface area contributed by atoms with Crippen LogP contribution in [-0.2, 0) is 47.1 Å². The molecule has 6 atom stereocenters. The molecule has 61 heavy (non-hydrogen) atoms. The molecule has 0 amide bonds. The lowest BCUT2D eigenvalue weighted by Crippen LogP contribution is -2.66. The van der Waals surface area contributed by atoms with Gasteiger partial charge in [-0.3, -0.25) is 4.79 Å². The Labute approximate surface area is 365 Å². The van der Waals surface area contributed by atoms with Crippen LogP contribution in [0, 0.1) is 11.3 Å². The van der Waals surface area contributed by atoms with E-state index in [4.69, 9.17) is 42.3 Å². The van der Waals surface area contributed by atoms with Crippen LogP contribution in [0.4, 0.5) is 0 Å². The Hall–Kier alpha value is -3.30. The van der Waals surface area contributed by atoms with Crippen LogP contribution < -0.4 is 10.4 Å². The highest BCUT2D eigenvalue weighted by Crippen LogP contribution is 2.39. The molecule has 12 heteroatoms. The SMILES string of the molecule is COCCOCO[C@H]([C@@H]1COC(C)(C)O1)C(C)(C)C(=O)C[C@H](OC(=O)c1ccccc1)[C@@H](C)[C@@H](CCO[Si](c1ccccc1)(c1ccccc1)C(C)(C)C)OC1CCCCO1. The second-order valence-electron chi connectivity index (χ2n) is 18.3. The van der Waals surface area contributed by atoms with Gasteiger partial charge in [-0.25, -0.2) is 4.79 Å². The summed E-state index contributed by atoms with van der Waals surface area (Å²) in [4.78, 5) is 28.8. The number of carbonyl (C=O) groups excluding carboxylic acids is 2. The van der Waals surface area contributed by atoms with E-state index < -0.39 is 62.1 Å². The van der Waals surface area contributed by atoms with Crippen LogP contribution in [0.5, 0.6) is 0 Å². The summed E-state index contributed by atoms with van der Waals surface area (Å²) >= 11 is 0. The Bertz CT molecular complexity index is 1720. The molecule has 0 aliphatic carbocycles. The Balaban J connectivity index is 1.46. The summed E-state index contributed by atoms with van der Waals surface area (Å²) in [6.07, 6.45) is -0.0698. The van der Waals surface area contributed by atoms with Crippen LogP contribution in [-0.4, -0.2) is 104 Å². The van der Waals surface area contributed by atoms with Gasteiger partial charge in [0.1, 0.15) is 30.9 Å². The van der Waals surface area contributed by atoms with E-state index in [2.05, 4.69) is 69.3 Å². The Morgan fingerprint density at radius 2 is 1.46 bits per heavy atom. The number of methoxy groups -OCH3 is 1. The topological polar surface area (TPSA) is 117 Å². The van der Waals surface area contributed by atoms with Gasteiger partial charge < -0.3 is 42.3 Å². The van der Waals surface area contributed by atoms with Gasteiger partial charge in [0, 0.05) is 32.7 Å². The summed E-state index contributed by atoms with van der Waals surface area (Å²) in [5, 5.41) is 2.13. The molecule has 5 rings (SSSR count). The summed E-state index contributed by atoms with van der Waals surface area (Å²) in [5.41, 5.74) is -0.728. The Kier molecular flexibility index (Phi) is 17.9. The van der Waals surface area contributed by atoms with Crippen molar-refractivity contribution in [1.29, 1.82) is 0 Å². The second kappa shape index (κ2) is 22.4. The molecule has 0 saturated carbocycles. The zero-order chi connectivity index (χ0) is 44.1. The van der Waals surface area contributed by atoms with E-state index in [0.717, 1.165) is 19.3 Å². The molecule has 11 nitrogen and oxygen atoms in total. The number of ether oxygens (including phenoxy) is 8. The molecule has 1 unspecified atom stereocenters. The summed E-state index contributed by atoms with van der Waals surface area (Å²) in [6, 6.07) is 29.9. The lowest BCUT2D eigenvalue weighted by Gasteiger charge is -2.43. The fraction of sp³-hybridized carbons (Fsp3) is 0.592. The number of ketones is 1. The lowest BCUT2D eigenvalue weighted by molar-refractivity contribution is -0.207. The number of rotatable bonds is 23. The molecular weight excluding hydrogens is 793 g/mol. The zero-order valence-corrected chi connectivity index (χ0v) is 38.9. The standard InChI is InChI=1S/C49H70O11Si/c1-36(40(58-44-27-19-20-29-54-44)28-30-57-61(47(2,3)4,38-23-15-11-16-24-38)39-25-17-12-18-26-39)41(59-46(51)37-21-13-10-14-22-37)33-43(50)48(5,6)45(55-35-53-32-31-52-9)42-34-56-49(7,8)60-42/h10-18,21-26,36,40-42,44-45H,19-20,27-35H2,1-9H3/t36-,40+,41-,42-,44?,45+/m0/s1. The van der Waals surface area contributed by atoms with Crippen LogP contribution in [0.1, 0.15) is 97.9 Å². The van der Waals surface area contributed by atoms with Crippen molar-refractivity contribution in [3.63, 3.8) is 0 Å². The van der Waals surface area contributed by atoms with Crippen LogP contribution >= 0.6 is 0 Å². The number of Topliss-reactive ketones (excluding diaryl/α,β-unsaturated/α-hetero) is 1. The molecule has 2 aliphatic rings. The van der Waals surface area contributed by atoms with Crippen molar-refractivity contribution in [2.45, 2.75) is 129 Å². The molecule has 2 heterocycles. The highest BCUT2D eigenvalue weighted by Gasteiger charge is 2.51. The molecule has 2 fully saturated rings. The number of carbonyl (C=O) groups is 2. The highest BCUT2D eigenvalue weighted by atomic mass is 28.4. The number of benzene rings is 3. The number of esters is 1. The molecule has 0 bridgehead atoms. The normalized spacial score (nSPS) is 20.4. The van der Waals surface area contributed by atoms with E-state index in [1.807, 2.05) is 52.8 Å². The van der Waals surface area contributed by atoms with Crippen LogP contribution in [0.3, 0.4) is 0 Å². The Morgan fingerprint density at radius 1 is 0.836 bits per heavy atom. The monoisotopic (exact) mass is 862 g/mol. The maximum absolute atomic E-state index is 14.9. The van der Waals surface area contributed by atoms with Crippen molar-refractivity contribution < 1.29 is 51.9 Å². The van der Waals surface area contributed by atoms with Crippen molar-refractivity contribution in [2.24, 2.45) is 11.3 Å². The first-order valence-corrected chi connectivity index (χ1v) is 23.8. The average molecular weight is 863 g/mol. The molecule has 3 aromatic carbocycles. The highest BCUT2D eigenvalue weighted by molar-refractivity contribution is 6.99. The summed E-state index contributed by atoms with van der Waals surface area (Å²) in [5.74, 6) is -2.00. The maximum atomic E-state index is 14.9. The van der Waals surface area contributed by atoms with E-state index in [1.54, 1.807) is 31.4 Å². The number of hydrogen-bond donors (Lipinski definition) is 0. The first-order valence-electron chi connectivity index (χ1n) is 21.9. The van der Waals surface area contributed by atoms with Crippen LogP contribution in [0.2, 0.25) is 5.04 Å². The molecule has 3 aromatic rings. The quantitative estimate of drug-likeness (QED) is 0.0402. The zero-order valence-electron chi connectivity index (χ0n) is 37.9. The summed E-state index contributed by atoms with van der Waals surface area (Å²) in [7, 11) is -1.29. The van der Waals surface area contributed by atoms with Gasteiger partial charge in [-0.1, -0.05) is 120 Å². The van der Waals surface area contributed by atoms with E-state index in [1.165, 1.54) is 10.4 Å². The van der Waals surface area contributed by atoms with Gasteiger partial charge in [-0.15, -0.1) is 0 Å². The summed E-state index contributed by atoms with van der Waals surface area (Å²) < 4.78 is 56.1. The van der Waals surface area contributed by atoms with Gasteiger partial charge in [-0.05, 0) is 67.1 Å². The molecule has 0 N–H and O–H groups in total. The van der Waals surface area contributed by atoms with Gasteiger partial charge in [-0.2, -0.15) is 0 Å². The second-order valence-corrected chi connectivity index (χ2v) is 22.6. The maximum Gasteiger partial charge on any atom is 0.338 e. The van der Waals surface area contributed by atoms with Gasteiger partial charge >= 0.3 is 5.97 Å². The smallest absolute Gasteiger partial charge is 0.338 e. The largest absolute Gasteiger partial charge is 0.458 e. The first kappa shape index (κ1) is 48.7. The lowest BCUT2D eigenvalue weighted by atomic mass is 9.76. The Morgan fingerprint density at radius 3 is 2.00 bits per heavy atom. The first-order chi connectivity index (χ1) is 29.1. The van der Waals surface area contributed by atoms with Gasteiger partial charge in [0.25, 0.3) is 8.32 Å². The van der Waals surface area contributed by atoms with E-state index in [0.29, 0.717) is 38.4 Å². The third-order valence-corrected chi connectivity index (χ3v) is 17.0. The molecule has 2 saturated heterocycles. The summed E-state index contributed by atoms with van der Waals surface area (Å²) in [6.45, 7) is 18.0.